The van der Waals surface area contributed by atoms with Gasteiger partial charge in [0, 0.05) is 38.6 Å². The van der Waals surface area contributed by atoms with Crippen molar-refractivity contribution in [1.29, 1.82) is 0 Å². The zero-order valence-corrected chi connectivity index (χ0v) is 33.9. The summed E-state index contributed by atoms with van der Waals surface area (Å²) in [6.07, 6.45) is 5.36. The average Bonchev–Trinajstić information content (AvgIpc) is 3.77. The summed E-state index contributed by atoms with van der Waals surface area (Å²) in [5.74, 6) is 2.87. The van der Waals surface area contributed by atoms with Crippen molar-refractivity contribution in [2.24, 2.45) is 23.7 Å². The number of benzene rings is 8. The Bertz CT molecular complexity index is 3000. The number of anilines is 3. The third-order valence-electron chi connectivity index (χ3n) is 14.7. The number of para-hydroxylation sites is 2. The van der Waals surface area contributed by atoms with Crippen molar-refractivity contribution in [3.63, 3.8) is 0 Å². The maximum absolute atomic E-state index is 2.61. The summed E-state index contributed by atoms with van der Waals surface area (Å²) in [5, 5.41) is 5.08. The van der Waals surface area contributed by atoms with Crippen molar-refractivity contribution in [2.45, 2.75) is 44.9 Å². The van der Waals surface area contributed by atoms with E-state index in [9.17, 15) is 0 Å². The van der Waals surface area contributed by atoms with Crippen LogP contribution in [0, 0.1) is 23.7 Å². The fourth-order valence-corrected chi connectivity index (χ4v) is 12.5. The van der Waals surface area contributed by atoms with Crippen LogP contribution in [-0.4, -0.2) is 4.57 Å². The highest BCUT2D eigenvalue weighted by Gasteiger charge is 2.56. The van der Waals surface area contributed by atoms with Gasteiger partial charge in [-0.15, -0.1) is 0 Å². The maximum atomic E-state index is 2.61. The second-order valence-corrected chi connectivity index (χ2v) is 18.0. The lowest BCUT2D eigenvalue weighted by Crippen LogP contribution is -2.49. The second-order valence-electron chi connectivity index (χ2n) is 18.0. The lowest BCUT2D eigenvalue weighted by molar-refractivity contribution is 0.0426. The van der Waals surface area contributed by atoms with Crippen molar-refractivity contribution in [1.82, 2.24) is 4.57 Å². The predicted molar refractivity (Wildman–Crippen MR) is 248 cm³/mol. The van der Waals surface area contributed by atoms with Crippen LogP contribution >= 0.6 is 0 Å². The van der Waals surface area contributed by atoms with Gasteiger partial charge in [0.2, 0.25) is 0 Å². The summed E-state index contributed by atoms with van der Waals surface area (Å²) in [4.78, 5) is 2.52. The molecule has 2 bridgehead atoms. The van der Waals surface area contributed by atoms with E-state index < -0.39 is 0 Å². The molecule has 2 saturated carbocycles. The number of nitrogens with zero attached hydrogens (tertiary/aromatic N) is 2. The van der Waals surface area contributed by atoms with Crippen LogP contribution in [-0.2, 0) is 5.41 Å². The van der Waals surface area contributed by atoms with Gasteiger partial charge in [0.05, 0.1) is 16.7 Å². The molecule has 8 aromatic carbocycles. The molecule has 1 spiro atoms. The summed E-state index contributed by atoms with van der Waals surface area (Å²) in [5.41, 5.74) is 15.7. The van der Waals surface area contributed by atoms with E-state index in [1.807, 2.05) is 0 Å². The molecule has 1 heterocycles. The van der Waals surface area contributed by atoms with Gasteiger partial charge in [0.1, 0.15) is 0 Å². The molecule has 0 saturated heterocycles. The van der Waals surface area contributed by atoms with Crippen molar-refractivity contribution in [2.75, 3.05) is 4.90 Å². The molecule has 2 nitrogen and oxygen atoms in total. The zero-order chi connectivity index (χ0) is 39.2. The zero-order valence-electron chi connectivity index (χ0n) is 33.9. The molecule has 286 valence electrons. The van der Waals surface area contributed by atoms with E-state index in [4.69, 9.17) is 0 Å². The molecule has 0 aliphatic heterocycles. The minimum Gasteiger partial charge on any atom is -0.310 e. The van der Waals surface area contributed by atoms with Gasteiger partial charge in [-0.25, -0.2) is 0 Å². The number of hydrogen-bond acceptors (Lipinski definition) is 1. The van der Waals surface area contributed by atoms with Crippen LogP contribution in [0.5, 0.6) is 0 Å². The Morgan fingerprint density at radius 3 is 1.86 bits per heavy atom. The van der Waals surface area contributed by atoms with Gasteiger partial charge >= 0.3 is 0 Å². The molecule has 0 amide bonds. The quantitative estimate of drug-likeness (QED) is 0.170. The van der Waals surface area contributed by atoms with Crippen LogP contribution in [0.25, 0.3) is 60.5 Å². The molecular weight excluding hydrogens is 713 g/mol. The van der Waals surface area contributed by atoms with Crippen LogP contribution in [0.15, 0.2) is 182 Å². The van der Waals surface area contributed by atoms with Crippen LogP contribution < -0.4 is 4.90 Å². The van der Waals surface area contributed by atoms with E-state index in [1.54, 1.807) is 11.1 Å². The maximum Gasteiger partial charge on any atom is 0.0541 e. The molecule has 0 N–H and O–H groups in total. The van der Waals surface area contributed by atoms with Gasteiger partial charge in [-0.3, -0.25) is 0 Å². The van der Waals surface area contributed by atoms with E-state index in [0.717, 1.165) is 11.8 Å². The normalized spacial score (nSPS) is 21.9. The predicted octanol–water partition coefficient (Wildman–Crippen LogP) is 15.4. The fourth-order valence-electron chi connectivity index (χ4n) is 12.5. The molecule has 1 aromatic heterocycles. The molecule has 3 aliphatic carbocycles. The Morgan fingerprint density at radius 1 is 0.492 bits per heavy atom. The average molecular weight is 761 g/mol. The van der Waals surface area contributed by atoms with Crippen LogP contribution in [0.4, 0.5) is 17.1 Å². The van der Waals surface area contributed by atoms with Crippen LogP contribution in [0.2, 0.25) is 0 Å². The van der Waals surface area contributed by atoms with E-state index in [2.05, 4.69) is 205 Å². The Balaban J connectivity index is 0.972. The highest BCUT2D eigenvalue weighted by atomic mass is 15.1. The van der Waals surface area contributed by atoms with Crippen molar-refractivity contribution >= 4 is 49.6 Å². The minimum atomic E-state index is 0.0345. The molecule has 0 radical (unpaired) electrons. The highest BCUT2D eigenvalue weighted by Crippen LogP contribution is 2.65. The lowest BCUT2D eigenvalue weighted by atomic mass is 9.49. The molecule has 12 rings (SSSR count). The lowest BCUT2D eigenvalue weighted by Gasteiger charge is -2.54. The van der Waals surface area contributed by atoms with Gasteiger partial charge in [0.25, 0.3) is 0 Å². The molecule has 2 heteroatoms. The third kappa shape index (κ3) is 5.18. The van der Waals surface area contributed by atoms with Crippen molar-refractivity contribution < 1.29 is 0 Å². The standard InChI is InChI=1S/C57H48N2/c1-37-32-39-34-38(2)57(43(33-37)35-39)52-18-8-5-15-48(52)49-31-30-46(36-53(49)57)58(54-21-11-13-42-12-3-4-14-47(42)54)44-26-22-40(23-27-44)41-24-28-45(29-25-41)59-55-19-9-6-16-50(55)51-17-7-10-20-56(51)59/h3-31,36-39,43H,32-35H2,1-2H3/t37-,38+,39-,43-,57?/m0/s1. The first-order valence-corrected chi connectivity index (χ1v) is 21.8. The highest BCUT2D eigenvalue weighted by molar-refractivity contribution is 6.09. The van der Waals surface area contributed by atoms with E-state index in [-0.39, 0.29) is 5.41 Å². The largest absolute Gasteiger partial charge is 0.310 e. The Hall–Kier alpha value is -6.38. The molecule has 9 aromatic rings. The minimum absolute atomic E-state index is 0.0345. The Morgan fingerprint density at radius 2 is 1.10 bits per heavy atom. The molecular formula is C57H48N2. The number of hydrogen-bond donors (Lipinski definition) is 0. The number of aromatic nitrogens is 1. The second kappa shape index (κ2) is 13.3. The van der Waals surface area contributed by atoms with Crippen molar-refractivity contribution in [3.05, 3.63) is 193 Å². The molecule has 2 fully saturated rings. The Labute approximate surface area is 347 Å². The SMILES string of the molecule is C[C@H]1C[C@@H]2C[C@H](C1)C1(c3ccccc3-c3ccc(N(c4ccc(-c5ccc(-n6c7ccccc7c7ccccc76)cc5)cc4)c4cccc5ccccc45)cc31)[C@H](C)C2. The van der Waals surface area contributed by atoms with E-state index in [0.29, 0.717) is 11.8 Å². The van der Waals surface area contributed by atoms with Crippen LogP contribution in [0.3, 0.4) is 0 Å². The monoisotopic (exact) mass is 760 g/mol. The van der Waals surface area contributed by atoms with Gasteiger partial charge < -0.3 is 9.47 Å². The molecule has 59 heavy (non-hydrogen) atoms. The number of rotatable bonds is 5. The van der Waals surface area contributed by atoms with Crippen molar-refractivity contribution in [3.8, 4) is 27.9 Å². The van der Waals surface area contributed by atoms with E-state index in [1.165, 1.54) is 103 Å². The van der Waals surface area contributed by atoms with Gasteiger partial charge in [-0.05, 0) is 143 Å². The summed E-state index contributed by atoms with van der Waals surface area (Å²) >= 11 is 0. The Kier molecular flexibility index (Phi) is 7.83. The smallest absolute Gasteiger partial charge is 0.0541 e. The summed E-state index contributed by atoms with van der Waals surface area (Å²) in [7, 11) is 0. The molecule has 5 atom stereocenters. The first-order chi connectivity index (χ1) is 29.1. The molecule has 3 aliphatic rings. The van der Waals surface area contributed by atoms with Crippen LogP contribution in [0.1, 0.15) is 50.7 Å². The first-order valence-electron chi connectivity index (χ1n) is 21.8. The van der Waals surface area contributed by atoms with Gasteiger partial charge in [-0.2, -0.15) is 0 Å². The number of fused-ring (bicyclic) bond motifs is 12. The van der Waals surface area contributed by atoms with Gasteiger partial charge in [0.15, 0.2) is 0 Å². The van der Waals surface area contributed by atoms with Gasteiger partial charge in [-0.1, -0.05) is 141 Å². The third-order valence-corrected chi connectivity index (χ3v) is 14.7. The first kappa shape index (κ1) is 34.6. The summed E-state index contributed by atoms with van der Waals surface area (Å²) in [6, 6.07) is 68.3. The summed E-state index contributed by atoms with van der Waals surface area (Å²) in [6.45, 7) is 5.08. The fraction of sp³-hybridized carbons (Fsp3) is 0.193. The molecule has 1 unspecified atom stereocenters. The van der Waals surface area contributed by atoms with E-state index >= 15 is 0 Å². The summed E-state index contributed by atoms with van der Waals surface area (Å²) < 4.78 is 2.39. The topological polar surface area (TPSA) is 8.17 Å².